The summed E-state index contributed by atoms with van der Waals surface area (Å²) in [5.41, 5.74) is 2.19. The molecule has 3 aromatic rings. The highest BCUT2D eigenvalue weighted by molar-refractivity contribution is 5.88. The van der Waals surface area contributed by atoms with E-state index in [1.807, 2.05) is 25.1 Å². The molecule has 1 amide bonds. The number of anilines is 1. The number of methoxy groups -OCH3 is 2. The van der Waals surface area contributed by atoms with E-state index in [-0.39, 0.29) is 11.8 Å². The molecule has 9 heteroatoms. The molecular weight excluding hydrogens is 398 g/mol. The molecule has 3 heterocycles. The molecule has 1 fully saturated rings. The molecule has 164 valence electrons. The van der Waals surface area contributed by atoms with Crippen molar-refractivity contribution >= 4 is 22.8 Å². The number of fused-ring (bicyclic) bond motifs is 1. The minimum absolute atomic E-state index is 0.0147. The van der Waals surface area contributed by atoms with Crippen molar-refractivity contribution in [3.05, 3.63) is 35.8 Å². The molecule has 1 aromatic carbocycles. The van der Waals surface area contributed by atoms with Crippen LogP contribution < -0.4 is 19.7 Å². The summed E-state index contributed by atoms with van der Waals surface area (Å²) in [5, 5.41) is 8.01. The van der Waals surface area contributed by atoms with E-state index in [0.29, 0.717) is 24.6 Å². The first-order valence-corrected chi connectivity index (χ1v) is 10.5. The molecule has 4 rings (SSSR count). The van der Waals surface area contributed by atoms with Crippen LogP contribution in [0.15, 0.2) is 29.0 Å². The van der Waals surface area contributed by atoms with Gasteiger partial charge in [0, 0.05) is 25.2 Å². The number of amides is 1. The number of aromatic nitrogens is 3. The van der Waals surface area contributed by atoms with Gasteiger partial charge in [-0.15, -0.1) is 0 Å². The maximum atomic E-state index is 13.0. The zero-order valence-corrected chi connectivity index (χ0v) is 18.1. The summed E-state index contributed by atoms with van der Waals surface area (Å²) in [6.07, 6.45) is 3.95. The third-order valence-corrected chi connectivity index (χ3v) is 5.69. The fourth-order valence-electron chi connectivity index (χ4n) is 4.04. The van der Waals surface area contributed by atoms with Gasteiger partial charge in [-0.3, -0.25) is 4.79 Å². The first kappa shape index (κ1) is 20.9. The van der Waals surface area contributed by atoms with E-state index in [9.17, 15) is 4.79 Å². The molecule has 1 aliphatic rings. The summed E-state index contributed by atoms with van der Waals surface area (Å²) >= 11 is 0. The highest BCUT2D eigenvalue weighted by Crippen LogP contribution is 2.30. The Bertz CT molecular complexity index is 1070. The quantitative estimate of drug-likeness (QED) is 0.616. The van der Waals surface area contributed by atoms with Gasteiger partial charge in [0.25, 0.3) is 5.71 Å². The van der Waals surface area contributed by atoms with Crippen LogP contribution in [0.5, 0.6) is 11.5 Å². The average molecular weight is 425 g/mol. The van der Waals surface area contributed by atoms with Crippen LogP contribution in [0.2, 0.25) is 0 Å². The predicted octanol–water partition coefficient (Wildman–Crippen LogP) is 2.73. The van der Waals surface area contributed by atoms with Gasteiger partial charge in [-0.05, 0) is 37.5 Å². The average Bonchev–Trinajstić information content (AvgIpc) is 3.25. The van der Waals surface area contributed by atoms with Crippen molar-refractivity contribution in [2.45, 2.75) is 32.7 Å². The van der Waals surface area contributed by atoms with Crippen molar-refractivity contribution in [1.82, 2.24) is 20.4 Å². The summed E-state index contributed by atoms with van der Waals surface area (Å²) in [6, 6.07) is 5.55. The van der Waals surface area contributed by atoms with Crippen molar-refractivity contribution in [2.75, 3.05) is 32.2 Å². The van der Waals surface area contributed by atoms with Crippen LogP contribution in [-0.2, 0) is 17.8 Å². The van der Waals surface area contributed by atoms with Gasteiger partial charge >= 0.3 is 0 Å². The Kier molecular flexibility index (Phi) is 6.20. The molecule has 1 atom stereocenters. The Morgan fingerprint density at radius 3 is 2.94 bits per heavy atom. The summed E-state index contributed by atoms with van der Waals surface area (Å²) < 4.78 is 16.0. The molecule has 0 unspecified atom stereocenters. The van der Waals surface area contributed by atoms with Crippen molar-refractivity contribution in [3.63, 3.8) is 0 Å². The molecule has 31 heavy (non-hydrogen) atoms. The number of nitrogens with one attached hydrogen (secondary N) is 1. The normalized spacial score (nSPS) is 16.4. The van der Waals surface area contributed by atoms with Crippen LogP contribution in [0.1, 0.15) is 31.0 Å². The van der Waals surface area contributed by atoms with E-state index in [0.717, 1.165) is 54.0 Å². The number of aryl methyl sites for hydroxylation is 1. The van der Waals surface area contributed by atoms with E-state index in [2.05, 4.69) is 25.3 Å². The second-order valence-corrected chi connectivity index (χ2v) is 7.54. The van der Waals surface area contributed by atoms with E-state index >= 15 is 0 Å². The molecule has 0 bridgehead atoms. The monoisotopic (exact) mass is 425 g/mol. The molecular formula is C22H27N5O4. The van der Waals surface area contributed by atoms with Gasteiger partial charge in [0.05, 0.1) is 25.8 Å². The lowest BCUT2D eigenvalue weighted by Crippen LogP contribution is -2.43. The van der Waals surface area contributed by atoms with Gasteiger partial charge < -0.3 is 24.2 Å². The molecule has 0 aliphatic carbocycles. The number of ether oxygens (including phenoxy) is 2. The number of piperidine rings is 1. The van der Waals surface area contributed by atoms with Crippen LogP contribution in [0.3, 0.4) is 0 Å². The van der Waals surface area contributed by atoms with Gasteiger partial charge in [-0.25, -0.2) is 4.98 Å². The van der Waals surface area contributed by atoms with Crippen LogP contribution in [0.25, 0.3) is 11.1 Å². The zero-order chi connectivity index (χ0) is 21.8. The topological polar surface area (TPSA) is 103 Å². The SMILES string of the molecule is CCc1noc2ncnc(N3CCC[C@@H](C(=O)NCc4cc(OC)ccc4OC)C3)c12. The number of benzene rings is 1. The largest absolute Gasteiger partial charge is 0.497 e. The Morgan fingerprint density at radius 1 is 1.29 bits per heavy atom. The van der Waals surface area contributed by atoms with Crippen molar-refractivity contribution in [3.8, 4) is 11.5 Å². The number of carbonyl (C=O) groups excluding carboxylic acids is 1. The van der Waals surface area contributed by atoms with Crippen molar-refractivity contribution in [1.29, 1.82) is 0 Å². The minimum Gasteiger partial charge on any atom is -0.497 e. The first-order chi connectivity index (χ1) is 15.1. The van der Waals surface area contributed by atoms with Gasteiger partial charge in [0.2, 0.25) is 5.91 Å². The molecule has 1 aliphatic heterocycles. The second-order valence-electron chi connectivity index (χ2n) is 7.54. The number of hydrogen-bond acceptors (Lipinski definition) is 8. The van der Waals surface area contributed by atoms with Gasteiger partial charge in [0.15, 0.2) is 0 Å². The molecule has 2 aromatic heterocycles. The Hall–Kier alpha value is -3.36. The number of rotatable bonds is 7. The maximum Gasteiger partial charge on any atom is 0.263 e. The van der Waals surface area contributed by atoms with E-state index in [1.165, 1.54) is 6.33 Å². The van der Waals surface area contributed by atoms with Crippen LogP contribution >= 0.6 is 0 Å². The second kappa shape index (κ2) is 9.20. The number of nitrogens with zero attached hydrogens (tertiary/aromatic N) is 4. The lowest BCUT2D eigenvalue weighted by atomic mass is 9.96. The molecule has 0 spiro atoms. The van der Waals surface area contributed by atoms with E-state index in [1.54, 1.807) is 14.2 Å². The van der Waals surface area contributed by atoms with E-state index in [4.69, 9.17) is 14.0 Å². The fraction of sp³-hybridized carbons (Fsp3) is 0.455. The minimum atomic E-state index is -0.139. The van der Waals surface area contributed by atoms with Gasteiger partial charge in [0.1, 0.15) is 29.0 Å². The lowest BCUT2D eigenvalue weighted by molar-refractivity contribution is -0.125. The lowest BCUT2D eigenvalue weighted by Gasteiger charge is -2.33. The van der Waals surface area contributed by atoms with Crippen LogP contribution in [0, 0.1) is 5.92 Å². The third-order valence-electron chi connectivity index (χ3n) is 5.69. The highest BCUT2D eigenvalue weighted by atomic mass is 16.5. The Balaban J connectivity index is 1.47. The Labute approximate surface area is 180 Å². The highest BCUT2D eigenvalue weighted by Gasteiger charge is 2.29. The maximum absolute atomic E-state index is 13.0. The predicted molar refractivity (Wildman–Crippen MR) is 115 cm³/mol. The number of carbonyl (C=O) groups is 1. The first-order valence-electron chi connectivity index (χ1n) is 10.5. The van der Waals surface area contributed by atoms with Crippen LogP contribution in [0.4, 0.5) is 5.82 Å². The standard InChI is InChI=1S/C22H27N5O4/c1-4-17-19-20(24-13-25-22(19)31-26-17)27-9-5-6-14(12-27)21(28)23-11-15-10-16(29-2)7-8-18(15)30-3/h7-8,10,13-14H,4-6,9,11-12H2,1-3H3,(H,23,28)/t14-/m1/s1. The van der Waals surface area contributed by atoms with Gasteiger partial charge in [-0.2, -0.15) is 4.98 Å². The van der Waals surface area contributed by atoms with Crippen molar-refractivity contribution < 1.29 is 18.8 Å². The summed E-state index contributed by atoms with van der Waals surface area (Å²) in [4.78, 5) is 23.8. The Morgan fingerprint density at radius 2 is 2.16 bits per heavy atom. The van der Waals surface area contributed by atoms with Crippen molar-refractivity contribution in [2.24, 2.45) is 5.92 Å². The molecule has 0 saturated carbocycles. The molecule has 1 N–H and O–H groups in total. The smallest absolute Gasteiger partial charge is 0.263 e. The summed E-state index contributed by atoms with van der Waals surface area (Å²) in [6.45, 7) is 3.81. The summed E-state index contributed by atoms with van der Waals surface area (Å²) in [7, 11) is 3.23. The number of hydrogen-bond donors (Lipinski definition) is 1. The van der Waals surface area contributed by atoms with Crippen LogP contribution in [-0.4, -0.2) is 48.3 Å². The third kappa shape index (κ3) is 4.26. The molecule has 0 radical (unpaired) electrons. The van der Waals surface area contributed by atoms with E-state index < -0.39 is 0 Å². The fourth-order valence-corrected chi connectivity index (χ4v) is 4.04. The zero-order valence-electron chi connectivity index (χ0n) is 18.1. The summed E-state index contributed by atoms with van der Waals surface area (Å²) in [5.74, 6) is 2.10. The molecule has 1 saturated heterocycles. The molecule has 9 nitrogen and oxygen atoms in total. The van der Waals surface area contributed by atoms with Gasteiger partial charge in [-0.1, -0.05) is 12.1 Å².